The first kappa shape index (κ1) is 20.7. The molecule has 137 valence electrons. The van der Waals surface area contributed by atoms with E-state index in [1.807, 2.05) is 64.3 Å². The first-order valence-electron chi connectivity index (χ1n) is 8.48. The normalized spacial score (nSPS) is 13.2. The summed E-state index contributed by atoms with van der Waals surface area (Å²) in [6.07, 6.45) is 1.66. The highest BCUT2D eigenvalue weighted by Gasteiger charge is 2.27. The lowest BCUT2D eigenvalue weighted by atomic mass is 10.0. The van der Waals surface area contributed by atoms with Crippen molar-refractivity contribution in [3.05, 3.63) is 35.9 Å². The van der Waals surface area contributed by atoms with E-state index in [1.54, 1.807) is 0 Å². The van der Waals surface area contributed by atoms with E-state index in [1.165, 1.54) is 0 Å². The Bertz CT molecular complexity index is 558. The second-order valence-electron chi connectivity index (χ2n) is 6.74. The van der Waals surface area contributed by atoms with Crippen molar-refractivity contribution in [2.45, 2.75) is 52.8 Å². The summed E-state index contributed by atoms with van der Waals surface area (Å²) in [5, 5.41) is 5.19. The third-order valence-electron chi connectivity index (χ3n) is 3.60. The fourth-order valence-corrected chi connectivity index (χ4v) is 2.30. The average Bonchev–Trinajstić information content (AvgIpc) is 2.57. The fraction of sp³-hybridized carbons (Fsp3) is 0.526. The summed E-state index contributed by atoms with van der Waals surface area (Å²) in [5.74, 6) is -0.329. The quantitative estimate of drug-likeness (QED) is 0.719. The van der Waals surface area contributed by atoms with Gasteiger partial charge in [-0.15, -0.1) is 0 Å². The first-order chi connectivity index (χ1) is 11.8. The highest BCUT2D eigenvalue weighted by molar-refractivity contribution is 5.87. The van der Waals surface area contributed by atoms with E-state index in [-0.39, 0.29) is 18.4 Å². The summed E-state index contributed by atoms with van der Waals surface area (Å²) >= 11 is 0. The summed E-state index contributed by atoms with van der Waals surface area (Å²) in [5.41, 5.74) is 0.857. The maximum absolute atomic E-state index is 12.4. The molecule has 0 aliphatic heterocycles. The maximum Gasteiger partial charge on any atom is 0.408 e. The Hall–Kier alpha value is -2.37. The Balaban J connectivity index is 2.58. The standard InChI is InChI=1S/C19H27N2O4/c1-13(2)10-16(11-22)20-18(23)17(14(3)4)21-19(24)25-12-15-8-6-5-7-9-15/h5-9,13-14,16-17H,10,12H2,1-4H3,(H,20,23)(H,21,24)/t16-,17-/m0/s1. The molecule has 25 heavy (non-hydrogen) atoms. The number of nitrogens with one attached hydrogen (secondary N) is 2. The Kier molecular flexibility index (Phi) is 8.67. The molecule has 1 radical (unpaired) electrons. The van der Waals surface area contributed by atoms with Crippen molar-refractivity contribution in [1.29, 1.82) is 0 Å². The van der Waals surface area contributed by atoms with Gasteiger partial charge in [0.1, 0.15) is 12.6 Å². The number of amides is 2. The third kappa shape index (κ3) is 7.83. The number of hydrogen-bond acceptors (Lipinski definition) is 4. The van der Waals surface area contributed by atoms with Crippen LogP contribution in [0, 0.1) is 11.8 Å². The van der Waals surface area contributed by atoms with E-state index >= 15 is 0 Å². The largest absolute Gasteiger partial charge is 0.445 e. The van der Waals surface area contributed by atoms with Crippen LogP contribution >= 0.6 is 0 Å². The van der Waals surface area contributed by atoms with Crippen molar-refractivity contribution in [2.24, 2.45) is 11.8 Å². The van der Waals surface area contributed by atoms with Gasteiger partial charge in [0.25, 0.3) is 0 Å². The topological polar surface area (TPSA) is 84.5 Å². The van der Waals surface area contributed by atoms with Gasteiger partial charge < -0.3 is 15.4 Å². The Morgan fingerprint density at radius 1 is 1.08 bits per heavy atom. The minimum Gasteiger partial charge on any atom is -0.445 e. The van der Waals surface area contributed by atoms with E-state index in [0.29, 0.717) is 6.42 Å². The second kappa shape index (κ2) is 10.5. The Morgan fingerprint density at radius 3 is 2.24 bits per heavy atom. The lowest BCUT2D eigenvalue weighted by molar-refractivity contribution is -0.124. The van der Waals surface area contributed by atoms with Gasteiger partial charge in [0.05, 0.1) is 6.04 Å². The van der Waals surface area contributed by atoms with Crippen molar-refractivity contribution < 1.29 is 19.1 Å². The van der Waals surface area contributed by atoms with Crippen molar-refractivity contribution >= 4 is 18.3 Å². The summed E-state index contributed by atoms with van der Waals surface area (Å²) < 4.78 is 5.15. The van der Waals surface area contributed by atoms with E-state index in [4.69, 9.17) is 4.74 Å². The third-order valence-corrected chi connectivity index (χ3v) is 3.60. The molecule has 0 spiro atoms. The number of hydrogen-bond donors (Lipinski definition) is 2. The SMILES string of the molecule is CC(C)C[C@@H]([C]=O)NC(=O)[C@@H](NC(=O)OCc1ccccc1)C(C)C. The highest BCUT2D eigenvalue weighted by atomic mass is 16.5. The molecule has 0 unspecified atom stereocenters. The predicted molar refractivity (Wildman–Crippen MR) is 95.5 cm³/mol. The van der Waals surface area contributed by atoms with Crippen LogP contribution in [0.1, 0.15) is 39.7 Å². The van der Waals surface area contributed by atoms with E-state index < -0.39 is 24.1 Å². The van der Waals surface area contributed by atoms with E-state index in [9.17, 15) is 14.4 Å². The number of benzene rings is 1. The molecule has 0 heterocycles. The van der Waals surface area contributed by atoms with Gasteiger partial charge in [0.2, 0.25) is 12.2 Å². The molecule has 0 bridgehead atoms. The molecule has 0 saturated carbocycles. The van der Waals surface area contributed by atoms with Crippen LogP contribution in [0.4, 0.5) is 4.79 Å². The summed E-state index contributed by atoms with van der Waals surface area (Å²) in [6, 6.07) is 7.80. The Morgan fingerprint density at radius 2 is 1.72 bits per heavy atom. The molecule has 2 atom stereocenters. The number of rotatable bonds is 9. The molecular formula is C19H27N2O4. The van der Waals surface area contributed by atoms with Gasteiger partial charge in [0, 0.05) is 0 Å². The molecular weight excluding hydrogens is 320 g/mol. The van der Waals surface area contributed by atoms with Crippen LogP contribution in [-0.4, -0.2) is 30.4 Å². The zero-order valence-electron chi connectivity index (χ0n) is 15.2. The molecule has 2 N–H and O–H groups in total. The highest BCUT2D eigenvalue weighted by Crippen LogP contribution is 2.07. The lowest BCUT2D eigenvalue weighted by Crippen LogP contribution is -2.52. The van der Waals surface area contributed by atoms with Crippen LogP contribution in [0.3, 0.4) is 0 Å². The van der Waals surface area contributed by atoms with E-state index in [2.05, 4.69) is 10.6 Å². The number of carbonyl (C=O) groups is 2. The second-order valence-corrected chi connectivity index (χ2v) is 6.74. The van der Waals surface area contributed by atoms with Crippen LogP contribution in [0.25, 0.3) is 0 Å². The molecule has 0 saturated heterocycles. The molecule has 1 aromatic carbocycles. The van der Waals surface area contributed by atoms with Gasteiger partial charge in [-0.2, -0.15) is 0 Å². The minimum absolute atomic E-state index is 0.122. The van der Waals surface area contributed by atoms with Crippen molar-refractivity contribution in [3.63, 3.8) is 0 Å². The molecule has 0 aliphatic carbocycles. The molecule has 0 aromatic heterocycles. The van der Waals surface area contributed by atoms with Crippen molar-refractivity contribution in [1.82, 2.24) is 10.6 Å². The summed E-state index contributed by atoms with van der Waals surface area (Å²) in [4.78, 5) is 35.4. The van der Waals surface area contributed by atoms with Crippen LogP contribution < -0.4 is 10.6 Å². The maximum atomic E-state index is 12.4. The molecule has 2 amide bonds. The molecule has 0 aliphatic rings. The van der Waals surface area contributed by atoms with Crippen LogP contribution in [0.2, 0.25) is 0 Å². The fourth-order valence-electron chi connectivity index (χ4n) is 2.30. The molecule has 1 rings (SSSR count). The Labute approximate surface area is 149 Å². The number of ether oxygens (including phenoxy) is 1. The molecule has 1 aromatic rings. The van der Waals surface area contributed by atoms with Crippen LogP contribution in [0.15, 0.2) is 30.3 Å². The summed E-state index contributed by atoms with van der Waals surface area (Å²) in [6.45, 7) is 7.65. The average molecular weight is 347 g/mol. The predicted octanol–water partition coefficient (Wildman–Crippen LogP) is 2.58. The van der Waals surface area contributed by atoms with Gasteiger partial charge >= 0.3 is 6.09 Å². The molecule has 6 nitrogen and oxygen atoms in total. The van der Waals surface area contributed by atoms with Crippen LogP contribution in [0.5, 0.6) is 0 Å². The number of carbonyl (C=O) groups excluding carboxylic acids is 3. The zero-order valence-corrected chi connectivity index (χ0v) is 15.2. The number of alkyl carbamates (subject to hydrolysis) is 1. The van der Waals surface area contributed by atoms with Crippen molar-refractivity contribution in [3.8, 4) is 0 Å². The van der Waals surface area contributed by atoms with E-state index in [0.717, 1.165) is 5.56 Å². The van der Waals surface area contributed by atoms with Crippen LogP contribution in [-0.2, 0) is 20.9 Å². The summed E-state index contributed by atoms with van der Waals surface area (Å²) in [7, 11) is 0. The van der Waals surface area contributed by atoms with Gasteiger partial charge in [-0.25, -0.2) is 4.79 Å². The lowest BCUT2D eigenvalue weighted by Gasteiger charge is -2.23. The molecule has 0 fully saturated rings. The minimum atomic E-state index is -0.786. The van der Waals surface area contributed by atoms with Gasteiger partial charge in [-0.3, -0.25) is 9.59 Å². The molecule has 6 heteroatoms. The smallest absolute Gasteiger partial charge is 0.408 e. The van der Waals surface area contributed by atoms with Gasteiger partial charge in [0.15, 0.2) is 0 Å². The first-order valence-corrected chi connectivity index (χ1v) is 8.48. The van der Waals surface area contributed by atoms with Gasteiger partial charge in [-0.05, 0) is 23.8 Å². The van der Waals surface area contributed by atoms with Gasteiger partial charge in [-0.1, -0.05) is 58.0 Å². The monoisotopic (exact) mass is 347 g/mol. The van der Waals surface area contributed by atoms with Crippen molar-refractivity contribution in [2.75, 3.05) is 0 Å². The zero-order chi connectivity index (χ0) is 18.8.